The van der Waals surface area contributed by atoms with Gasteiger partial charge in [0.05, 0.1) is 12.8 Å². The van der Waals surface area contributed by atoms with E-state index >= 15 is 0 Å². The lowest BCUT2D eigenvalue weighted by atomic mass is 10.2. The Morgan fingerprint density at radius 3 is 2.52 bits per heavy atom. The third-order valence-corrected chi connectivity index (χ3v) is 3.57. The molecule has 6 nitrogen and oxygen atoms in total. The second-order valence-corrected chi connectivity index (χ2v) is 5.79. The van der Waals surface area contributed by atoms with Gasteiger partial charge in [-0.3, -0.25) is 5.43 Å². The van der Waals surface area contributed by atoms with Crippen molar-refractivity contribution >= 4 is 23.5 Å². The van der Waals surface area contributed by atoms with Crippen molar-refractivity contribution in [3.8, 4) is 17.2 Å². The van der Waals surface area contributed by atoms with Gasteiger partial charge >= 0.3 is 0 Å². The van der Waals surface area contributed by atoms with E-state index in [-0.39, 0.29) is 0 Å². The molecule has 0 unspecified atom stereocenters. The van der Waals surface area contributed by atoms with Crippen LogP contribution in [0.4, 0.5) is 0 Å². The van der Waals surface area contributed by atoms with Crippen molar-refractivity contribution in [2.75, 3.05) is 26.4 Å². The van der Waals surface area contributed by atoms with E-state index in [0.717, 1.165) is 17.9 Å². The first-order valence-corrected chi connectivity index (χ1v) is 9.28. The molecule has 2 rings (SSSR count). The van der Waals surface area contributed by atoms with Crippen LogP contribution in [0.2, 0.25) is 0 Å². The van der Waals surface area contributed by atoms with Crippen LogP contribution in [-0.2, 0) is 0 Å². The van der Waals surface area contributed by atoms with Crippen LogP contribution in [0.3, 0.4) is 0 Å². The van der Waals surface area contributed by atoms with E-state index in [9.17, 15) is 0 Å². The van der Waals surface area contributed by atoms with Gasteiger partial charge < -0.3 is 19.5 Å². The molecule has 0 saturated heterocycles. The van der Waals surface area contributed by atoms with Crippen LogP contribution in [-0.4, -0.2) is 37.7 Å². The van der Waals surface area contributed by atoms with Gasteiger partial charge in [0.15, 0.2) is 16.6 Å². The van der Waals surface area contributed by atoms with Crippen molar-refractivity contribution < 1.29 is 14.2 Å². The molecule has 0 radical (unpaired) electrons. The number of nitrogens with one attached hydrogen (secondary N) is 2. The molecule has 0 saturated carbocycles. The summed E-state index contributed by atoms with van der Waals surface area (Å²) in [7, 11) is 0. The Morgan fingerprint density at radius 1 is 1.00 bits per heavy atom. The van der Waals surface area contributed by atoms with E-state index in [2.05, 4.69) is 15.8 Å². The number of benzene rings is 2. The van der Waals surface area contributed by atoms with Gasteiger partial charge in [-0.2, -0.15) is 5.10 Å². The molecule has 2 N–H and O–H groups in total. The lowest BCUT2D eigenvalue weighted by molar-refractivity contribution is 0.208. The number of para-hydroxylation sites is 1. The Labute approximate surface area is 165 Å². The monoisotopic (exact) mass is 387 g/mol. The first kappa shape index (κ1) is 20.5. The first-order chi connectivity index (χ1) is 13.2. The molecule has 0 fully saturated rings. The number of hydrogen-bond donors (Lipinski definition) is 2. The minimum atomic E-state index is 0.418. The van der Waals surface area contributed by atoms with E-state index < -0.39 is 0 Å². The van der Waals surface area contributed by atoms with Crippen molar-refractivity contribution in [2.45, 2.75) is 13.8 Å². The fourth-order valence-corrected chi connectivity index (χ4v) is 2.38. The maximum Gasteiger partial charge on any atom is 0.186 e. The topological polar surface area (TPSA) is 64.1 Å². The quantitative estimate of drug-likeness (QED) is 0.282. The lowest BCUT2D eigenvalue weighted by Crippen LogP contribution is -2.31. The van der Waals surface area contributed by atoms with Crippen LogP contribution < -0.4 is 25.0 Å². The minimum Gasteiger partial charge on any atom is -0.490 e. The summed E-state index contributed by atoms with van der Waals surface area (Å²) in [5.74, 6) is 2.15. The molecule has 0 aliphatic carbocycles. The molecule has 144 valence electrons. The van der Waals surface area contributed by atoms with Crippen LogP contribution in [0.5, 0.6) is 17.2 Å². The SMILES string of the molecule is CCNC(=S)N/N=C\c1ccc(OCCOc2ccccc2)c(OCC)c1. The van der Waals surface area contributed by atoms with Crippen LogP contribution in [0.25, 0.3) is 0 Å². The van der Waals surface area contributed by atoms with E-state index in [1.165, 1.54) is 0 Å². The molecule has 0 heterocycles. The number of hydrogen-bond acceptors (Lipinski definition) is 5. The largest absolute Gasteiger partial charge is 0.490 e. The standard InChI is InChI=1S/C20H25N3O3S/c1-3-21-20(27)23-22-15-16-10-11-18(19(14-16)24-4-2)26-13-12-25-17-8-6-5-7-9-17/h5-11,14-15H,3-4,12-13H2,1-2H3,(H2,21,23,27)/b22-15-. The Hall–Kier alpha value is -2.80. The summed E-state index contributed by atoms with van der Waals surface area (Å²) in [6.07, 6.45) is 1.68. The first-order valence-electron chi connectivity index (χ1n) is 8.87. The molecule has 0 atom stereocenters. The highest BCUT2D eigenvalue weighted by molar-refractivity contribution is 7.80. The van der Waals surface area contributed by atoms with Crippen molar-refractivity contribution in [2.24, 2.45) is 5.10 Å². The summed E-state index contributed by atoms with van der Waals surface area (Å²) >= 11 is 5.06. The Balaban J connectivity index is 1.89. The summed E-state index contributed by atoms with van der Waals surface area (Å²) in [5, 5.41) is 7.55. The number of rotatable bonds is 10. The van der Waals surface area contributed by atoms with Crippen molar-refractivity contribution in [3.05, 3.63) is 54.1 Å². The molecule has 27 heavy (non-hydrogen) atoms. The highest BCUT2D eigenvalue weighted by atomic mass is 32.1. The van der Waals surface area contributed by atoms with E-state index in [4.69, 9.17) is 26.4 Å². The molecule has 0 amide bonds. The molecule has 2 aromatic rings. The highest BCUT2D eigenvalue weighted by Gasteiger charge is 2.06. The van der Waals surface area contributed by atoms with Gasteiger partial charge in [-0.1, -0.05) is 18.2 Å². The number of hydrazone groups is 1. The van der Waals surface area contributed by atoms with E-state index in [1.54, 1.807) is 6.21 Å². The summed E-state index contributed by atoms with van der Waals surface area (Å²) in [6, 6.07) is 15.3. The second kappa shape index (κ2) is 11.7. The van der Waals surface area contributed by atoms with E-state index in [0.29, 0.717) is 36.4 Å². The summed E-state index contributed by atoms with van der Waals surface area (Å²) in [4.78, 5) is 0. The number of thiocarbonyl (C=S) groups is 1. The van der Waals surface area contributed by atoms with Crippen LogP contribution in [0, 0.1) is 0 Å². The zero-order valence-corrected chi connectivity index (χ0v) is 16.4. The molecule has 0 aliphatic rings. The van der Waals surface area contributed by atoms with Gasteiger partial charge in [0.1, 0.15) is 19.0 Å². The molecular weight excluding hydrogens is 362 g/mol. The lowest BCUT2D eigenvalue weighted by Gasteiger charge is -2.13. The molecule has 0 aliphatic heterocycles. The van der Waals surface area contributed by atoms with Crippen LogP contribution in [0.1, 0.15) is 19.4 Å². The predicted octanol–water partition coefficient (Wildman–Crippen LogP) is 3.36. The maximum atomic E-state index is 5.80. The summed E-state index contributed by atoms with van der Waals surface area (Å²) in [5.41, 5.74) is 3.63. The maximum absolute atomic E-state index is 5.80. The van der Waals surface area contributed by atoms with Gasteiger partial charge in [-0.25, -0.2) is 0 Å². The Morgan fingerprint density at radius 2 is 1.78 bits per heavy atom. The zero-order chi connectivity index (χ0) is 19.3. The molecule has 0 spiro atoms. The summed E-state index contributed by atoms with van der Waals surface area (Å²) < 4.78 is 17.1. The molecule has 2 aromatic carbocycles. The molecular formula is C20H25N3O3S. The summed E-state index contributed by atoms with van der Waals surface area (Å²) in [6.45, 7) is 6.05. The van der Waals surface area contributed by atoms with Crippen LogP contribution >= 0.6 is 12.2 Å². The normalized spacial score (nSPS) is 10.4. The highest BCUT2D eigenvalue weighted by Crippen LogP contribution is 2.28. The average Bonchev–Trinajstić information content (AvgIpc) is 2.68. The van der Waals surface area contributed by atoms with Crippen molar-refractivity contribution in [1.29, 1.82) is 0 Å². The number of ether oxygens (including phenoxy) is 3. The van der Waals surface area contributed by atoms with Gasteiger partial charge in [0.2, 0.25) is 0 Å². The third kappa shape index (κ3) is 7.53. The van der Waals surface area contributed by atoms with Crippen molar-refractivity contribution in [3.63, 3.8) is 0 Å². The Kier molecular flexibility index (Phi) is 8.92. The average molecular weight is 388 g/mol. The smallest absolute Gasteiger partial charge is 0.186 e. The van der Waals surface area contributed by atoms with Gasteiger partial charge in [-0.05, 0) is 62.0 Å². The van der Waals surface area contributed by atoms with Gasteiger partial charge in [0.25, 0.3) is 0 Å². The molecule has 7 heteroatoms. The fourth-order valence-electron chi connectivity index (χ4n) is 2.19. The fraction of sp³-hybridized carbons (Fsp3) is 0.300. The van der Waals surface area contributed by atoms with Gasteiger partial charge in [0, 0.05) is 6.54 Å². The predicted molar refractivity (Wildman–Crippen MR) is 112 cm³/mol. The van der Waals surface area contributed by atoms with Crippen molar-refractivity contribution in [1.82, 2.24) is 10.7 Å². The second-order valence-electron chi connectivity index (χ2n) is 5.38. The zero-order valence-electron chi connectivity index (χ0n) is 15.6. The Bertz CT molecular complexity index is 739. The molecule has 0 aromatic heterocycles. The minimum absolute atomic E-state index is 0.418. The van der Waals surface area contributed by atoms with Crippen LogP contribution in [0.15, 0.2) is 53.6 Å². The van der Waals surface area contributed by atoms with E-state index in [1.807, 2.05) is 62.4 Å². The number of nitrogens with zero attached hydrogens (tertiary/aromatic N) is 1. The van der Waals surface area contributed by atoms with Gasteiger partial charge in [-0.15, -0.1) is 0 Å². The third-order valence-electron chi connectivity index (χ3n) is 3.34. The molecule has 0 bridgehead atoms.